The molecule has 2 aliphatic heterocycles. The zero-order valence-corrected chi connectivity index (χ0v) is 10.5. The predicted octanol–water partition coefficient (Wildman–Crippen LogP) is 1.42. The average Bonchev–Trinajstić information content (AvgIpc) is 2.74. The Kier molecular flexibility index (Phi) is 3.45. The molecule has 0 radical (unpaired) electrons. The summed E-state index contributed by atoms with van der Waals surface area (Å²) in [7, 11) is 0. The third-order valence-electron chi connectivity index (χ3n) is 4.54. The van der Waals surface area contributed by atoms with Gasteiger partial charge in [0.2, 0.25) is 5.91 Å². The Hall–Kier alpha value is -0.280. The fraction of sp³-hybridized carbons (Fsp3) is 0.917. The van der Waals surface area contributed by atoms with E-state index in [0.717, 1.165) is 39.0 Å². The van der Waals surface area contributed by atoms with Gasteiger partial charge in [0.15, 0.2) is 0 Å². The number of hydrogen-bond donors (Lipinski definition) is 1. The van der Waals surface area contributed by atoms with Gasteiger partial charge in [-0.3, -0.25) is 4.79 Å². The van der Waals surface area contributed by atoms with Gasteiger partial charge >= 0.3 is 0 Å². The molecule has 0 aromatic heterocycles. The summed E-state index contributed by atoms with van der Waals surface area (Å²) in [4.78, 5) is 14.2. The van der Waals surface area contributed by atoms with Crippen LogP contribution in [-0.4, -0.2) is 37.0 Å². The molecule has 1 N–H and O–H groups in total. The zero-order chi connectivity index (χ0) is 10.3. The molecule has 92 valence electrons. The second-order valence-electron chi connectivity index (χ2n) is 5.56. The van der Waals surface area contributed by atoms with Crippen molar-refractivity contribution < 1.29 is 4.79 Å². The minimum Gasteiger partial charge on any atom is -0.342 e. The predicted molar refractivity (Wildman–Crippen MR) is 65.7 cm³/mol. The maximum atomic E-state index is 12.1. The van der Waals surface area contributed by atoms with Crippen LogP contribution in [0.2, 0.25) is 0 Å². The van der Waals surface area contributed by atoms with Crippen LogP contribution in [-0.2, 0) is 4.79 Å². The lowest BCUT2D eigenvalue weighted by Gasteiger charge is -2.30. The highest BCUT2D eigenvalue weighted by Gasteiger charge is 2.43. The molecule has 0 aromatic carbocycles. The van der Waals surface area contributed by atoms with Gasteiger partial charge in [0.1, 0.15) is 0 Å². The first kappa shape index (κ1) is 12.2. The first-order valence-electron chi connectivity index (χ1n) is 6.29. The van der Waals surface area contributed by atoms with Crippen LogP contribution in [0.5, 0.6) is 0 Å². The molecular weight excluding hydrogens is 224 g/mol. The Balaban J connectivity index is 0.000000963. The molecular formula is C12H21ClN2O. The Morgan fingerprint density at radius 2 is 2.12 bits per heavy atom. The van der Waals surface area contributed by atoms with Crippen LogP contribution in [0.15, 0.2) is 0 Å². The summed E-state index contributed by atoms with van der Waals surface area (Å²) in [6.07, 6.45) is 6.03. The zero-order valence-electron chi connectivity index (χ0n) is 9.71. The van der Waals surface area contributed by atoms with Crippen LogP contribution in [0.1, 0.15) is 32.1 Å². The third-order valence-corrected chi connectivity index (χ3v) is 4.54. The fourth-order valence-electron chi connectivity index (χ4n) is 3.18. The number of carbonyl (C=O) groups is 1. The van der Waals surface area contributed by atoms with Crippen molar-refractivity contribution in [1.29, 1.82) is 0 Å². The first-order valence-corrected chi connectivity index (χ1v) is 6.29. The largest absolute Gasteiger partial charge is 0.342 e. The second-order valence-corrected chi connectivity index (χ2v) is 5.56. The highest BCUT2D eigenvalue weighted by molar-refractivity contribution is 5.85. The quantitative estimate of drug-likeness (QED) is 0.757. The molecule has 3 fully saturated rings. The van der Waals surface area contributed by atoms with Crippen molar-refractivity contribution >= 4 is 18.3 Å². The van der Waals surface area contributed by atoms with Crippen LogP contribution in [0.25, 0.3) is 0 Å². The number of rotatable bonds is 1. The summed E-state index contributed by atoms with van der Waals surface area (Å²) in [5, 5.41) is 3.43. The Morgan fingerprint density at radius 3 is 2.69 bits per heavy atom. The molecule has 16 heavy (non-hydrogen) atoms. The van der Waals surface area contributed by atoms with Crippen LogP contribution in [0, 0.1) is 11.3 Å². The molecule has 3 nitrogen and oxygen atoms in total. The number of nitrogens with zero attached hydrogens (tertiary/aromatic N) is 1. The lowest BCUT2D eigenvalue weighted by atomic mass is 9.84. The van der Waals surface area contributed by atoms with Crippen molar-refractivity contribution in [3.8, 4) is 0 Å². The maximum Gasteiger partial charge on any atom is 0.225 e. The summed E-state index contributed by atoms with van der Waals surface area (Å²) < 4.78 is 0. The normalized spacial score (nSPS) is 33.9. The van der Waals surface area contributed by atoms with Crippen LogP contribution in [0.4, 0.5) is 0 Å². The van der Waals surface area contributed by atoms with Gasteiger partial charge in [0.25, 0.3) is 0 Å². The van der Waals surface area contributed by atoms with Gasteiger partial charge in [-0.1, -0.05) is 6.42 Å². The summed E-state index contributed by atoms with van der Waals surface area (Å²) in [6.45, 7) is 4.30. The van der Waals surface area contributed by atoms with Crippen molar-refractivity contribution in [1.82, 2.24) is 10.2 Å². The van der Waals surface area contributed by atoms with E-state index in [1.54, 1.807) is 0 Å². The number of carbonyl (C=O) groups excluding carboxylic acids is 1. The van der Waals surface area contributed by atoms with Gasteiger partial charge < -0.3 is 10.2 Å². The van der Waals surface area contributed by atoms with E-state index in [0.29, 0.717) is 17.2 Å². The molecule has 1 aliphatic carbocycles. The van der Waals surface area contributed by atoms with Gasteiger partial charge in [0.05, 0.1) is 0 Å². The van der Waals surface area contributed by atoms with E-state index in [9.17, 15) is 4.79 Å². The molecule has 1 atom stereocenters. The molecule has 1 unspecified atom stereocenters. The Labute approximate surface area is 103 Å². The fourth-order valence-corrected chi connectivity index (χ4v) is 3.18. The minimum absolute atomic E-state index is 0. The molecule has 4 heteroatoms. The van der Waals surface area contributed by atoms with Gasteiger partial charge in [-0.15, -0.1) is 12.4 Å². The van der Waals surface area contributed by atoms with Crippen LogP contribution < -0.4 is 5.32 Å². The van der Waals surface area contributed by atoms with E-state index in [-0.39, 0.29) is 12.4 Å². The SMILES string of the molecule is Cl.O=C(C1CCC1)N1CCC2(CCNC2)C1. The van der Waals surface area contributed by atoms with Crippen molar-refractivity contribution in [2.75, 3.05) is 26.2 Å². The molecule has 3 rings (SSSR count). The van der Waals surface area contributed by atoms with E-state index < -0.39 is 0 Å². The Morgan fingerprint density at radius 1 is 1.31 bits per heavy atom. The first-order chi connectivity index (χ1) is 7.29. The van der Waals surface area contributed by atoms with Crippen LogP contribution in [0.3, 0.4) is 0 Å². The van der Waals surface area contributed by atoms with Crippen LogP contribution >= 0.6 is 12.4 Å². The van der Waals surface area contributed by atoms with Crippen molar-refractivity contribution in [3.63, 3.8) is 0 Å². The number of amides is 1. The third kappa shape index (κ3) is 1.95. The smallest absolute Gasteiger partial charge is 0.225 e. The van der Waals surface area contributed by atoms with E-state index in [1.165, 1.54) is 19.3 Å². The second kappa shape index (κ2) is 4.53. The molecule has 1 amide bonds. The van der Waals surface area contributed by atoms with Crippen molar-refractivity contribution in [3.05, 3.63) is 0 Å². The molecule has 3 aliphatic rings. The highest BCUT2D eigenvalue weighted by Crippen LogP contribution is 2.38. The number of hydrogen-bond acceptors (Lipinski definition) is 2. The molecule has 0 bridgehead atoms. The van der Waals surface area contributed by atoms with Crippen molar-refractivity contribution in [2.45, 2.75) is 32.1 Å². The number of likely N-dealkylation sites (tertiary alicyclic amines) is 1. The highest BCUT2D eigenvalue weighted by atomic mass is 35.5. The standard InChI is InChI=1S/C12H20N2O.ClH/c15-11(10-2-1-3-10)14-7-5-12(9-14)4-6-13-8-12;/h10,13H,1-9H2;1H. The number of halogens is 1. The summed E-state index contributed by atoms with van der Waals surface area (Å²) in [5.74, 6) is 0.833. The summed E-state index contributed by atoms with van der Waals surface area (Å²) >= 11 is 0. The number of nitrogens with one attached hydrogen (secondary N) is 1. The van der Waals surface area contributed by atoms with Gasteiger partial charge in [0, 0.05) is 31.0 Å². The Bertz CT molecular complexity index is 272. The molecule has 1 saturated carbocycles. The van der Waals surface area contributed by atoms with Crippen molar-refractivity contribution in [2.24, 2.45) is 11.3 Å². The molecule has 1 spiro atoms. The topological polar surface area (TPSA) is 32.3 Å². The van der Waals surface area contributed by atoms with E-state index in [2.05, 4.69) is 10.2 Å². The molecule has 2 saturated heterocycles. The monoisotopic (exact) mass is 244 g/mol. The summed E-state index contributed by atoms with van der Waals surface area (Å²) in [5.41, 5.74) is 0.444. The minimum atomic E-state index is 0. The average molecular weight is 245 g/mol. The molecule has 0 aromatic rings. The summed E-state index contributed by atoms with van der Waals surface area (Å²) in [6, 6.07) is 0. The molecule has 2 heterocycles. The van der Waals surface area contributed by atoms with Gasteiger partial charge in [-0.25, -0.2) is 0 Å². The van der Waals surface area contributed by atoms with E-state index in [4.69, 9.17) is 0 Å². The van der Waals surface area contributed by atoms with Gasteiger partial charge in [-0.2, -0.15) is 0 Å². The lowest BCUT2D eigenvalue weighted by molar-refractivity contribution is -0.137. The van der Waals surface area contributed by atoms with Gasteiger partial charge in [-0.05, 0) is 32.2 Å². The van der Waals surface area contributed by atoms with E-state index in [1.807, 2.05) is 0 Å². The lowest BCUT2D eigenvalue weighted by Crippen LogP contribution is -2.39. The maximum absolute atomic E-state index is 12.1. The van der Waals surface area contributed by atoms with E-state index >= 15 is 0 Å².